The molecular formula is C21H23N3O4S2. The van der Waals surface area contributed by atoms with Crippen LogP contribution in [0, 0.1) is 0 Å². The van der Waals surface area contributed by atoms with Crippen molar-refractivity contribution in [1.29, 1.82) is 0 Å². The molecule has 0 radical (unpaired) electrons. The average molecular weight is 446 g/mol. The maximum Gasteiger partial charge on any atom is 0.341 e. The molecule has 0 bridgehead atoms. The molecule has 2 aliphatic rings. The summed E-state index contributed by atoms with van der Waals surface area (Å²) in [7, 11) is 0. The monoisotopic (exact) mass is 445 g/mol. The lowest BCUT2D eigenvalue weighted by atomic mass is 10.0. The van der Waals surface area contributed by atoms with Gasteiger partial charge in [-0.1, -0.05) is 18.3 Å². The maximum atomic E-state index is 12.8. The summed E-state index contributed by atoms with van der Waals surface area (Å²) in [4.78, 5) is 21.2. The number of thiazole rings is 1. The van der Waals surface area contributed by atoms with E-state index in [1.165, 1.54) is 16.2 Å². The van der Waals surface area contributed by atoms with Gasteiger partial charge >= 0.3 is 5.97 Å². The molecule has 2 aliphatic heterocycles. The van der Waals surface area contributed by atoms with Crippen molar-refractivity contribution in [3.05, 3.63) is 28.1 Å². The Morgan fingerprint density at radius 3 is 2.90 bits per heavy atom. The smallest absolute Gasteiger partial charge is 0.341 e. The van der Waals surface area contributed by atoms with Crippen LogP contribution in [0.25, 0.3) is 10.2 Å². The third-order valence-electron chi connectivity index (χ3n) is 5.26. The first kappa shape index (κ1) is 19.6. The molecule has 3 aromatic rings. The van der Waals surface area contributed by atoms with Crippen molar-refractivity contribution in [2.45, 2.75) is 33.2 Å². The summed E-state index contributed by atoms with van der Waals surface area (Å²) in [6.45, 7) is 7.55. The van der Waals surface area contributed by atoms with Crippen LogP contribution in [0.2, 0.25) is 0 Å². The number of anilines is 2. The van der Waals surface area contributed by atoms with Crippen LogP contribution < -0.4 is 14.8 Å². The number of esters is 1. The molecule has 4 heterocycles. The summed E-state index contributed by atoms with van der Waals surface area (Å²) < 4.78 is 17.3. The molecule has 2 aromatic heterocycles. The Bertz CT molecular complexity index is 1070. The molecule has 7 nitrogen and oxygen atoms in total. The minimum atomic E-state index is -0.261. The van der Waals surface area contributed by atoms with Gasteiger partial charge in [-0.25, -0.2) is 9.78 Å². The summed E-state index contributed by atoms with van der Waals surface area (Å²) in [6.07, 6.45) is 1.99. The Balaban J connectivity index is 1.49. The molecule has 0 spiro atoms. The fourth-order valence-electron chi connectivity index (χ4n) is 3.94. The van der Waals surface area contributed by atoms with Gasteiger partial charge in [-0.3, -0.25) is 4.90 Å². The number of hydrogen-bond donors (Lipinski definition) is 1. The Labute approximate surface area is 182 Å². The molecule has 0 saturated heterocycles. The molecule has 1 N–H and O–H groups in total. The van der Waals surface area contributed by atoms with Gasteiger partial charge in [0.25, 0.3) is 0 Å². The van der Waals surface area contributed by atoms with Gasteiger partial charge < -0.3 is 19.5 Å². The molecule has 0 aliphatic carbocycles. The van der Waals surface area contributed by atoms with Gasteiger partial charge in [-0.15, -0.1) is 11.3 Å². The van der Waals surface area contributed by atoms with E-state index in [-0.39, 0.29) is 12.8 Å². The fourth-order valence-corrected chi connectivity index (χ4v) is 6.16. The van der Waals surface area contributed by atoms with E-state index in [9.17, 15) is 4.79 Å². The molecule has 9 heteroatoms. The van der Waals surface area contributed by atoms with Gasteiger partial charge in [0, 0.05) is 30.1 Å². The average Bonchev–Trinajstić information content (AvgIpc) is 3.41. The van der Waals surface area contributed by atoms with Crippen molar-refractivity contribution < 1.29 is 19.0 Å². The first-order valence-electron chi connectivity index (χ1n) is 10.2. The van der Waals surface area contributed by atoms with Gasteiger partial charge in [0.15, 0.2) is 16.6 Å². The van der Waals surface area contributed by atoms with Crippen LogP contribution in [0.4, 0.5) is 10.1 Å². The zero-order chi connectivity index (χ0) is 20.7. The van der Waals surface area contributed by atoms with Crippen LogP contribution in [-0.4, -0.2) is 42.3 Å². The van der Waals surface area contributed by atoms with Crippen LogP contribution >= 0.6 is 22.7 Å². The van der Waals surface area contributed by atoms with Crippen molar-refractivity contribution in [1.82, 2.24) is 9.88 Å². The Kier molecular flexibility index (Phi) is 5.26. The van der Waals surface area contributed by atoms with E-state index < -0.39 is 0 Å². The zero-order valence-corrected chi connectivity index (χ0v) is 18.6. The molecular weight excluding hydrogens is 422 g/mol. The highest BCUT2D eigenvalue weighted by molar-refractivity contribution is 7.23. The topological polar surface area (TPSA) is 72.9 Å². The maximum absolute atomic E-state index is 12.8. The number of rotatable bonds is 6. The Morgan fingerprint density at radius 1 is 1.27 bits per heavy atom. The number of carbonyl (C=O) groups excluding carboxylic acids is 1. The Morgan fingerprint density at radius 2 is 2.10 bits per heavy atom. The second-order valence-electron chi connectivity index (χ2n) is 7.27. The lowest BCUT2D eigenvalue weighted by molar-refractivity contribution is 0.0526. The quantitative estimate of drug-likeness (QED) is 0.548. The normalized spacial score (nSPS) is 15.4. The number of thiophene rings is 1. The van der Waals surface area contributed by atoms with E-state index in [1.807, 2.05) is 19.1 Å². The van der Waals surface area contributed by atoms with Crippen LogP contribution in [-0.2, 0) is 17.7 Å². The fraction of sp³-hybridized carbons (Fsp3) is 0.429. The van der Waals surface area contributed by atoms with Gasteiger partial charge in [0.1, 0.15) is 5.00 Å². The van der Waals surface area contributed by atoms with E-state index in [1.54, 1.807) is 11.3 Å². The third kappa shape index (κ3) is 3.51. The van der Waals surface area contributed by atoms with E-state index in [0.717, 1.165) is 64.1 Å². The number of aromatic nitrogens is 1. The summed E-state index contributed by atoms with van der Waals surface area (Å²) >= 11 is 3.17. The molecule has 0 unspecified atom stereocenters. The SMILES string of the molecule is CCCN1CCc2c(sc(Nc3nc4cc5c(cc4s3)OCO5)c2C(=O)OCC)C1. The van der Waals surface area contributed by atoms with E-state index in [2.05, 4.69) is 17.1 Å². The lowest BCUT2D eigenvalue weighted by Gasteiger charge is -2.26. The van der Waals surface area contributed by atoms with Crippen molar-refractivity contribution in [2.75, 3.05) is 31.8 Å². The highest BCUT2D eigenvalue weighted by Crippen LogP contribution is 2.42. The largest absolute Gasteiger partial charge is 0.462 e. The summed E-state index contributed by atoms with van der Waals surface area (Å²) in [6, 6.07) is 3.85. The molecule has 0 saturated carbocycles. The van der Waals surface area contributed by atoms with Gasteiger partial charge in [0.05, 0.1) is 22.4 Å². The van der Waals surface area contributed by atoms with Crippen molar-refractivity contribution in [3.63, 3.8) is 0 Å². The van der Waals surface area contributed by atoms with Gasteiger partial charge in [-0.2, -0.15) is 0 Å². The van der Waals surface area contributed by atoms with E-state index in [0.29, 0.717) is 17.9 Å². The Hall–Kier alpha value is -2.36. The summed E-state index contributed by atoms with van der Waals surface area (Å²) in [5.41, 5.74) is 2.64. The lowest BCUT2D eigenvalue weighted by Crippen LogP contribution is -2.30. The van der Waals surface area contributed by atoms with Crippen LogP contribution in [0.15, 0.2) is 12.1 Å². The molecule has 158 valence electrons. The highest BCUT2D eigenvalue weighted by Gasteiger charge is 2.29. The minimum Gasteiger partial charge on any atom is -0.462 e. The third-order valence-corrected chi connectivity index (χ3v) is 7.32. The van der Waals surface area contributed by atoms with Crippen molar-refractivity contribution in [2.24, 2.45) is 0 Å². The van der Waals surface area contributed by atoms with Crippen LogP contribution in [0.3, 0.4) is 0 Å². The van der Waals surface area contributed by atoms with Crippen molar-refractivity contribution >= 4 is 49.0 Å². The minimum absolute atomic E-state index is 0.246. The highest BCUT2D eigenvalue weighted by atomic mass is 32.1. The summed E-state index contributed by atoms with van der Waals surface area (Å²) in [5.74, 6) is 1.20. The predicted molar refractivity (Wildman–Crippen MR) is 119 cm³/mol. The second-order valence-corrected chi connectivity index (χ2v) is 9.41. The molecule has 0 fully saturated rings. The van der Waals surface area contributed by atoms with Crippen molar-refractivity contribution in [3.8, 4) is 11.5 Å². The summed E-state index contributed by atoms with van der Waals surface area (Å²) in [5, 5.41) is 4.96. The van der Waals surface area contributed by atoms with Crippen LogP contribution in [0.1, 0.15) is 41.1 Å². The molecule has 0 amide bonds. The first-order valence-corrected chi connectivity index (χ1v) is 11.8. The standard InChI is InChI=1S/C21H23N3O4S2/c1-3-6-24-7-5-12-17(10-24)29-19(18(12)20(25)26-4-2)23-21-22-13-8-14-15(28-11-27-14)9-16(13)30-21/h8-9H,3-7,10-11H2,1-2H3,(H,22,23). The first-order chi connectivity index (χ1) is 14.7. The number of nitrogens with zero attached hydrogens (tertiary/aromatic N) is 2. The van der Waals surface area contributed by atoms with Crippen LogP contribution in [0.5, 0.6) is 11.5 Å². The molecule has 1 aromatic carbocycles. The number of fused-ring (bicyclic) bond motifs is 3. The number of hydrogen-bond acceptors (Lipinski definition) is 9. The van der Waals surface area contributed by atoms with E-state index >= 15 is 0 Å². The van der Waals surface area contributed by atoms with Gasteiger partial charge in [0.2, 0.25) is 6.79 Å². The second kappa shape index (κ2) is 8.05. The molecule has 30 heavy (non-hydrogen) atoms. The van der Waals surface area contributed by atoms with E-state index in [4.69, 9.17) is 19.2 Å². The number of ether oxygens (including phenoxy) is 3. The molecule has 5 rings (SSSR count). The number of carbonyl (C=O) groups is 1. The van der Waals surface area contributed by atoms with Gasteiger partial charge in [-0.05, 0) is 31.9 Å². The molecule has 0 atom stereocenters. The number of benzene rings is 1. The zero-order valence-electron chi connectivity index (χ0n) is 16.9. The predicted octanol–water partition coefficient (Wildman–Crippen LogP) is 4.77. The number of nitrogens with one attached hydrogen (secondary N) is 1.